The molecule has 4 amide bonds. The normalized spacial score (nSPS) is 20.0. The fraction of sp³-hybridized carbons (Fsp3) is 0.348. The number of carbonyl (C=O) groups is 3. The zero-order valence-corrected chi connectivity index (χ0v) is 20.2. The Labute approximate surface area is 204 Å². The molecule has 1 aliphatic heterocycles. The molecule has 34 heavy (non-hydrogen) atoms. The number of carbonyl (C=O) groups excluding carboxylic acids is 3. The second-order valence-electron chi connectivity index (χ2n) is 8.28. The molecular weight excluding hydrogens is 472 g/mol. The quantitative estimate of drug-likeness (QED) is 0.348. The van der Waals surface area contributed by atoms with Crippen molar-refractivity contribution in [1.29, 1.82) is 0 Å². The third-order valence-corrected chi connectivity index (χ3v) is 7.84. The molecule has 176 valence electrons. The van der Waals surface area contributed by atoms with Gasteiger partial charge in [0.15, 0.2) is 5.16 Å². The van der Waals surface area contributed by atoms with Crippen molar-refractivity contribution in [1.82, 2.24) is 30.5 Å². The number of hydrazine groups is 1. The highest BCUT2D eigenvalue weighted by Gasteiger charge is 2.52. The van der Waals surface area contributed by atoms with Crippen LogP contribution in [0.4, 0.5) is 4.79 Å². The van der Waals surface area contributed by atoms with Crippen LogP contribution in [-0.2, 0) is 21.5 Å². The molecule has 0 spiro atoms. The molecule has 2 aromatic heterocycles. The maximum absolute atomic E-state index is 13.2. The van der Waals surface area contributed by atoms with E-state index in [2.05, 4.69) is 31.6 Å². The lowest BCUT2D eigenvalue weighted by atomic mass is 9.87. The van der Waals surface area contributed by atoms with E-state index in [9.17, 15) is 14.4 Å². The highest BCUT2D eigenvalue weighted by Crippen LogP contribution is 2.39. The van der Waals surface area contributed by atoms with Gasteiger partial charge in [-0.3, -0.25) is 15.0 Å². The molecular formula is C23H24N6O3S2. The Balaban J connectivity index is 1.25. The number of nitrogens with zero attached hydrogens (tertiary/aromatic N) is 4. The van der Waals surface area contributed by atoms with Gasteiger partial charge in [0.05, 0.1) is 5.75 Å². The largest absolute Gasteiger partial charge is 0.344 e. The number of amides is 4. The topological polar surface area (TPSA) is 109 Å². The van der Waals surface area contributed by atoms with E-state index in [1.165, 1.54) is 16.6 Å². The minimum Gasteiger partial charge on any atom is -0.318 e. The molecule has 9 nitrogen and oxygen atoms in total. The molecule has 3 aromatic rings. The lowest BCUT2D eigenvalue weighted by molar-refractivity contribution is -0.138. The highest BCUT2D eigenvalue weighted by atomic mass is 32.2. The number of thiophene rings is 1. The summed E-state index contributed by atoms with van der Waals surface area (Å²) in [7, 11) is 0. The van der Waals surface area contributed by atoms with Gasteiger partial charge in [0, 0.05) is 17.3 Å². The molecule has 1 unspecified atom stereocenters. The van der Waals surface area contributed by atoms with Crippen molar-refractivity contribution in [2.75, 3.05) is 5.75 Å². The highest BCUT2D eigenvalue weighted by molar-refractivity contribution is 7.99. The molecule has 1 atom stereocenters. The summed E-state index contributed by atoms with van der Waals surface area (Å²) in [6, 6.07) is 12.9. The molecule has 1 aromatic carbocycles. The van der Waals surface area contributed by atoms with Crippen molar-refractivity contribution in [3.8, 4) is 0 Å². The van der Waals surface area contributed by atoms with Gasteiger partial charge in [0.1, 0.15) is 11.4 Å². The summed E-state index contributed by atoms with van der Waals surface area (Å²) in [5, 5.41) is 14.9. The van der Waals surface area contributed by atoms with E-state index in [0.29, 0.717) is 29.6 Å². The summed E-state index contributed by atoms with van der Waals surface area (Å²) in [5.41, 5.74) is 1.96. The monoisotopic (exact) mass is 496 g/mol. The molecule has 3 heterocycles. The Morgan fingerprint density at radius 1 is 1.21 bits per heavy atom. The molecule has 0 radical (unpaired) electrons. The van der Waals surface area contributed by atoms with Crippen LogP contribution in [0, 0.1) is 0 Å². The van der Waals surface area contributed by atoms with Crippen LogP contribution in [0.25, 0.3) is 0 Å². The minimum atomic E-state index is -1.19. The van der Waals surface area contributed by atoms with Crippen LogP contribution in [0.3, 0.4) is 0 Å². The van der Waals surface area contributed by atoms with Crippen molar-refractivity contribution in [3.63, 3.8) is 0 Å². The van der Waals surface area contributed by atoms with Crippen molar-refractivity contribution < 1.29 is 14.4 Å². The summed E-state index contributed by atoms with van der Waals surface area (Å²) >= 11 is 2.93. The molecule has 0 bridgehead atoms. The number of rotatable bonds is 9. The predicted molar refractivity (Wildman–Crippen MR) is 128 cm³/mol. The van der Waals surface area contributed by atoms with E-state index in [1.54, 1.807) is 23.5 Å². The van der Waals surface area contributed by atoms with Crippen molar-refractivity contribution in [2.45, 2.75) is 49.3 Å². The third-order valence-electron chi connectivity index (χ3n) is 6.02. The smallest absolute Gasteiger partial charge is 0.318 e. The average molecular weight is 497 g/mol. The summed E-state index contributed by atoms with van der Waals surface area (Å²) in [4.78, 5) is 39.7. The number of aromatic nitrogens is 3. The van der Waals surface area contributed by atoms with E-state index >= 15 is 0 Å². The fourth-order valence-corrected chi connectivity index (χ4v) is 5.64. The van der Waals surface area contributed by atoms with Gasteiger partial charge >= 0.3 is 6.03 Å². The number of hydrogen-bond donors (Lipinski definition) is 2. The van der Waals surface area contributed by atoms with Crippen LogP contribution in [0.1, 0.15) is 48.5 Å². The van der Waals surface area contributed by atoms with Crippen LogP contribution >= 0.6 is 23.1 Å². The van der Waals surface area contributed by atoms with Crippen LogP contribution in [0.2, 0.25) is 0 Å². The second kappa shape index (κ2) is 9.22. The molecule has 1 saturated heterocycles. The summed E-state index contributed by atoms with van der Waals surface area (Å²) in [6.45, 7) is 1.82. The van der Waals surface area contributed by atoms with Gasteiger partial charge in [0.25, 0.3) is 5.91 Å². The Hall–Kier alpha value is -3.18. The predicted octanol–water partition coefficient (Wildman–Crippen LogP) is 3.25. The summed E-state index contributed by atoms with van der Waals surface area (Å²) in [5.74, 6) is -0.0640. The first-order valence-corrected chi connectivity index (χ1v) is 13.0. The van der Waals surface area contributed by atoms with Gasteiger partial charge in [0.2, 0.25) is 5.91 Å². The average Bonchev–Trinajstić information content (AvgIpc) is 3.30. The Bertz CT molecular complexity index is 1210. The van der Waals surface area contributed by atoms with Gasteiger partial charge in [-0.2, -0.15) is 5.01 Å². The summed E-state index contributed by atoms with van der Waals surface area (Å²) < 4.78 is 2.11. The third kappa shape index (κ3) is 4.21. The van der Waals surface area contributed by atoms with Crippen molar-refractivity contribution >= 4 is 40.9 Å². The van der Waals surface area contributed by atoms with Gasteiger partial charge in [-0.15, -0.1) is 21.5 Å². The summed E-state index contributed by atoms with van der Waals surface area (Å²) in [6.07, 6.45) is 3.20. The van der Waals surface area contributed by atoms with Gasteiger partial charge in [-0.25, -0.2) is 4.79 Å². The number of urea groups is 1. The number of imide groups is 1. The Morgan fingerprint density at radius 2 is 2.00 bits per heavy atom. The lowest BCUT2D eigenvalue weighted by Crippen LogP contribution is -2.49. The van der Waals surface area contributed by atoms with E-state index in [4.69, 9.17) is 0 Å². The number of nitrogens with one attached hydrogen (secondary N) is 2. The zero-order valence-electron chi connectivity index (χ0n) is 18.6. The first-order valence-electron chi connectivity index (χ1n) is 11.1. The zero-order chi connectivity index (χ0) is 23.7. The molecule has 2 N–H and O–H groups in total. The molecule has 2 aliphatic rings. The second-order valence-corrected chi connectivity index (χ2v) is 10.3. The molecule has 1 saturated carbocycles. The molecule has 5 rings (SSSR count). The Morgan fingerprint density at radius 3 is 2.68 bits per heavy atom. The van der Waals surface area contributed by atoms with Gasteiger partial charge in [-0.05, 0) is 36.3 Å². The first-order chi connectivity index (χ1) is 16.5. The maximum atomic E-state index is 13.2. The number of hydrogen-bond acceptors (Lipinski definition) is 7. The first kappa shape index (κ1) is 22.6. The van der Waals surface area contributed by atoms with Crippen LogP contribution in [-0.4, -0.2) is 43.4 Å². The minimum absolute atomic E-state index is 0.00533. The number of benzene rings is 1. The molecule has 2 fully saturated rings. The van der Waals surface area contributed by atoms with E-state index in [0.717, 1.165) is 23.7 Å². The van der Waals surface area contributed by atoms with Crippen LogP contribution in [0.5, 0.6) is 0 Å². The molecule has 11 heteroatoms. The van der Waals surface area contributed by atoms with Crippen molar-refractivity contribution in [3.05, 3.63) is 64.1 Å². The van der Waals surface area contributed by atoms with Crippen LogP contribution < -0.4 is 10.7 Å². The van der Waals surface area contributed by atoms with Crippen LogP contribution in [0.15, 0.2) is 53.0 Å². The lowest BCUT2D eigenvalue weighted by Gasteiger charge is -2.25. The van der Waals surface area contributed by atoms with Crippen molar-refractivity contribution in [2.24, 2.45) is 0 Å². The van der Waals surface area contributed by atoms with E-state index < -0.39 is 23.4 Å². The van der Waals surface area contributed by atoms with E-state index in [1.807, 2.05) is 36.6 Å². The molecule has 1 aliphatic carbocycles. The Kier molecular flexibility index (Phi) is 6.13. The number of thioether (sulfide) groups is 1. The van der Waals surface area contributed by atoms with Gasteiger partial charge in [-0.1, -0.05) is 55.1 Å². The van der Waals surface area contributed by atoms with Gasteiger partial charge < -0.3 is 9.88 Å². The standard InChI is InChI=1S/C23H24N6O3S2/c1-2-23(15-7-4-3-5-8-15)20(31)29(21(32)24-23)27-19(30)14-34-22-26-25-18(28(22)16-10-11-16)13-17-9-6-12-33-17/h3-9,12,16H,2,10-11,13-14H2,1H3,(H,24,32)(H,27,30). The SMILES string of the molecule is CCC1(c2ccccc2)NC(=O)N(NC(=O)CSc2nnc(Cc3cccs3)n2C2CC2)C1=O. The maximum Gasteiger partial charge on any atom is 0.344 e. The van der Waals surface area contributed by atoms with E-state index in [-0.39, 0.29) is 5.75 Å². The fourth-order valence-electron chi connectivity index (χ4n) is 4.12.